The molecule has 0 saturated carbocycles. The van der Waals surface area contributed by atoms with Crippen molar-refractivity contribution in [1.29, 1.82) is 0 Å². The van der Waals surface area contributed by atoms with E-state index in [4.69, 9.17) is 5.73 Å². The Kier molecular flexibility index (Phi) is 39.5. The molecule has 1 amide bonds. The Bertz CT molecular complexity index is 2270. The zero-order valence-corrected chi connectivity index (χ0v) is 57.7. The molecule has 0 spiro atoms. The number of H-pyrrole nitrogens is 1. The molecular formula is C70H131N10O5P. The molecule has 0 fully saturated rings. The molecular weight excluding hydrogens is 1090 g/mol. The second-order valence-corrected chi connectivity index (χ2v) is 30.2. The predicted molar refractivity (Wildman–Crippen MR) is 367 cm³/mol. The Morgan fingerprint density at radius 1 is 0.547 bits per heavy atom. The van der Waals surface area contributed by atoms with Crippen LogP contribution in [0.4, 0.5) is 11.8 Å². The number of nitrogens with zero attached hydrogens (tertiary/aromatic N) is 3. The van der Waals surface area contributed by atoms with Crippen LogP contribution in [-0.2, 0) is 11.1 Å². The number of fused-ring (bicyclic) bond motifs is 1. The van der Waals surface area contributed by atoms with Crippen LogP contribution in [0.1, 0.15) is 278 Å². The lowest BCUT2D eigenvalue weighted by molar-refractivity contribution is 0.0953. The number of imidazole rings is 1. The molecule has 15 nitrogen and oxygen atoms in total. The maximum absolute atomic E-state index is 13.7. The van der Waals surface area contributed by atoms with Crippen molar-refractivity contribution >= 4 is 36.4 Å². The monoisotopic (exact) mass is 1220 g/mol. The van der Waals surface area contributed by atoms with Crippen molar-refractivity contribution in [3.05, 3.63) is 45.9 Å². The van der Waals surface area contributed by atoms with E-state index in [9.17, 15) is 23.9 Å². The van der Waals surface area contributed by atoms with Crippen LogP contribution >= 0.6 is 7.60 Å². The Balaban J connectivity index is 1.35. The minimum Gasteiger partial charge on any atom is -0.382 e. The van der Waals surface area contributed by atoms with E-state index in [0.717, 1.165) is 138 Å². The van der Waals surface area contributed by atoms with E-state index in [0.29, 0.717) is 73.4 Å². The number of anilines is 2. The Morgan fingerprint density at radius 2 is 0.965 bits per heavy atom. The normalized spacial score (nSPS) is 15.1. The van der Waals surface area contributed by atoms with Crippen molar-refractivity contribution < 1.29 is 19.1 Å². The first-order chi connectivity index (χ1) is 41.1. The number of carbonyl (C=O) groups is 1. The van der Waals surface area contributed by atoms with E-state index in [2.05, 4.69) is 118 Å². The van der Waals surface area contributed by atoms with Crippen molar-refractivity contribution in [2.45, 2.75) is 274 Å². The molecule has 0 aliphatic heterocycles. The van der Waals surface area contributed by atoms with Gasteiger partial charge < -0.3 is 47.1 Å². The molecule has 86 heavy (non-hydrogen) atoms. The number of nitrogen functional groups attached to an aromatic ring is 1. The lowest BCUT2D eigenvalue weighted by atomic mass is 9.84. The number of unbranched alkanes of at least 4 members (excludes halogenated alkanes) is 2. The van der Waals surface area contributed by atoms with E-state index in [1.54, 1.807) is 12.1 Å². The summed E-state index contributed by atoms with van der Waals surface area (Å²) in [6, 6.07) is 7.26. The highest BCUT2D eigenvalue weighted by molar-refractivity contribution is 7.53. The zero-order chi connectivity index (χ0) is 63.2. The van der Waals surface area contributed by atoms with Gasteiger partial charge in [0.05, 0.1) is 11.7 Å². The summed E-state index contributed by atoms with van der Waals surface area (Å²) in [4.78, 5) is 59.9. The first-order valence-corrected chi connectivity index (χ1v) is 36.8. The maximum atomic E-state index is 13.7. The van der Waals surface area contributed by atoms with Crippen LogP contribution in [0, 0.1) is 47.3 Å². The summed E-state index contributed by atoms with van der Waals surface area (Å²) in [6.07, 6.45) is 32.6. The van der Waals surface area contributed by atoms with Gasteiger partial charge in [0, 0.05) is 18.7 Å². The average molecular weight is 1220 g/mol. The number of hydrogen-bond acceptors (Lipinski definition) is 10. The largest absolute Gasteiger partial charge is 0.382 e. The van der Waals surface area contributed by atoms with Crippen LogP contribution in [0.15, 0.2) is 29.1 Å². The van der Waals surface area contributed by atoms with Crippen molar-refractivity contribution in [2.24, 2.45) is 47.3 Å². The number of aromatic nitrogens is 4. The Morgan fingerprint density at radius 3 is 1.41 bits per heavy atom. The van der Waals surface area contributed by atoms with Crippen molar-refractivity contribution in [3.63, 3.8) is 0 Å². The topological polar surface area (TPSA) is 224 Å². The third-order valence-corrected chi connectivity index (χ3v) is 20.5. The molecule has 0 saturated heterocycles. The second-order valence-electron chi connectivity index (χ2n) is 28.1. The summed E-state index contributed by atoms with van der Waals surface area (Å²) in [5.74, 6) is 6.10. The summed E-state index contributed by atoms with van der Waals surface area (Å²) in [5.41, 5.74) is 8.09. The van der Waals surface area contributed by atoms with Gasteiger partial charge in [-0.05, 0) is 169 Å². The minimum absolute atomic E-state index is 0.131. The fourth-order valence-corrected chi connectivity index (χ4v) is 13.6. The first kappa shape index (κ1) is 76.9. The SMILES string of the molecule is CCCCNc1nc(N)c2[nH]c(=O)n(Cc3ccc(C(=O)NCCCNCCCCNCCCNCCC(CCC(C)CCCC(C)CCCC(C)CCCC(C)C)(CCC(C)CCCC(C)CCCC(C)CCCC(C)C)P(=O)(O)O)cc3)c2n1. The molecule has 0 radical (unpaired) electrons. The highest BCUT2D eigenvalue weighted by Gasteiger charge is 2.45. The predicted octanol–water partition coefficient (Wildman–Crippen LogP) is 16.0. The third kappa shape index (κ3) is 32.9. The minimum atomic E-state index is -4.38. The van der Waals surface area contributed by atoms with Gasteiger partial charge in [0.15, 0.2) is 11.5 Å². The number of carbonyl (C=O) groups excluding carboxylic acids is 1. The van der Waals surface area contributed by atoms with Gasteiger partial charge in [0.2, 0.25) is 5.95 Å². The van der Waals surface area contributed by atoms with Crippen molar-refractivity contribution in [2.75, 3.05) is 63.4 Å². The fourth-order valence-electron chi connectivity index (χ4n) is 12.4. The van der Waals surface area contributed by atoms with Gasteiger partial charge in [0.1, 0.15) is 5.52 Å². The van der Waals surface area contributed by atoms with Crippen LogP contribution in [0.25, 0.3) is 11.2 Å². The summed E-state index contributed by atoms with van der Waals surface area (Å²) in [6.45, 7) is 32.3. The lowest BCUT2D eigenvalue weighted by Gasteiger charge is -2.36. The number of rotatable bonds is 54. The molecule has 3 rings (SSSR count). The highest BCUT2D eigenvalue weighted by Crippen LogP contribution is 2.58. The number of benzene rings is 1. The summed E-state index contributed by atoms with van der Waals surface area (Å²) in [7, 11) is -4.38. The van der Waals surface area contributed by atoms with Gasteiger partial charge >= 0.3 is 13.3 Å². The van der Waals surface area contributed by atoms with Gasteiger partial charge in [-0.2, -0.15) is 9.97 Å². The van der Waals surface area contributed by atoms with Crippen molar-refractivity contribution in [3.8, 4) is 0 Å². The molecule has 6 unspecified atom stereocenters. The van der Waals surface area contributed by atoms with Gasteiger partial charge in [-0.25, -0.2) is 4.79 Å². The van der Waals surface area contributed by atoms with Crippen LogP contribution in [0.3, 0.4) is 0 Å². The van der Waals surface area contributed by atoms with Gasteiger partial charge in [-0.1, -0.05) is 210 Å². The van der Waals surface area contributed by atoms with Crippen molar-refractivity contribution in [1.82, 2.24) is 40.8 Å². The molecule has 0 aliphatic rings. The zero-order valence-electron chi connectivity index (χ0n) is 56.8. The number of nitrogens with two attached hydrogens (primary N) is 1. The number of hydrogen-bond donors (Lipinski definition) is 9. The molecule has 1 aromatic carbocycles. The molecule has 2 aromatic heterocycles. The molecule has 3 aromatic rings. The quantitative estimate of drug-likeness (QED) is 0.0190. The van der Waals surface area contributed by atoms with Gasteiger partial charge in [0.25, 0.3) is 5.91 Å². The molecule has 0 bridgehead atoms. The van der Waals surface area contributed by atoms with E-state index >= 15 is 0 Å². The summed E-state index contributed by atoms with van der Waals surface area (Å²) < 4.78 is 15.3. The number of aromatic amines is 1. The van der Waals surface area contributed by atoms with Crippen LogP contribution in [-0.4, -0.2) is 92.7 Å². The van der Waals surface area contributed by atoms with Crippen LogP contribution in [0.5, 0.6) is 0 Å². The van der Waals surface area contributed by atoms with E-state index in [1.165, 1.54) is 107 Å². The standard InChI is InChI=1S/C70H131N10O5P/c1-12-13-50-76-68-78-65(71)64-66(79-68)80(69(82)77-64)53-62-36-38-63(39-37-62)67(81)75-51-23-49-73-46-15-14-45-72-47-22-48-74-52-44-70(86(83,84)85,42-40-60(10)34-20-32-58(8)30-18-28-56(6)26-16-24-54(2)3)43-41-61(11)35-21-33-59(9)31-19-29-57(7)27-17-25-55(4)5/h36-39,54-61,72-74H,12-35,40-53H2,1-11H3,(H,75,81)(H,77,82)(H2,83,84,85)(H3,71,76,78,79). The fraction of sp³-hybridized carbons (Fsp3) is 0.829. The van der Waals surface area contributed by atoms with Crippen LogP contribution in [0.2, 0.25) is 0 Å². The molecule has 16 heteroatoms. The number of nitrogens with one attached hydrogen (secondary N) is 6. The maximum Gasteiger partial charge on any atom is 0.331 e. The smallest absolute Gasteiger partial charge is 0.331 e. The first-order valence-electron chi connectivity index (χ1n) is 35.2. The lowest BCUT2D eigenvalue weighted by Crippen LogP contribution is -2.35. The Labute approximate surface area is 524 Å². The molecule has 10 N–H and O–H groups in total. The molecule has 0 aliphatic carbocycles. The Hall–Kier alpha value is -3.33. The summed E-state index contributed by atoms with van der Waals surface area (Å²) in [5, 5.41) is 15.9. The average Bonchev–Trinajstić information content (AvgIpc) is 1.78. The van der Waals surface area contributed by atoms with Gasteiger partial charge in [-0.3, -0.25) is 13.9 Å². The third-order valence-electron chi connectivity index (χ3n) is 18.6. The summed E-state index contributed by atoms with van der Waals surface area (Å²) >= 11 is 0. The van der Waals surface area contributed by atoms with Gasteiger partial charge in [-0.15, -0.1) is 0 Å². The molecule has 2 heterocycles. The highest BCUT2D eigenvalue weighted by atomic mass is 31.2. The molecule has 496 valence electrons. The number of amides is 1. The molecule has 6 atom stereocenters. The van der Waals surface area contributed by atoms with E-state index < -0.39 is 12.8 Å². The van der Waals surface area contributed by atoms with E-state index in [1.807, 2.05) is 12.1 Å². The van der Waals surface area contributed by atoms with E-state index in [-0.39, 0.29) is 24.0 Å². The van der Waals surface area contributed by atoms with Crippen LogP contribution < -0.4 is 38.0 Å². The second kappa shape index (κ2) is 44.2.